The van der Waals surface area contributed by atoms with Crippen LogP contribution in [-0.4, -0.2) is 113 Å². The fourth-order valence-electron chi connectivity index (χ4n) is 4.46. The van der Waals surface area contributed by atoms with Crippen molar-refractivity contribution in [3.05, 3.63) is 0 Å². The van der Waals surface area contributed by atoms with Crippen LogP contribution in [0.1, 0.15) is 53.9 Å². The van der Waals surface area contributed by atoms with Crippen molar-refractivity contribution in [2.75, 3.05) is 65.8 Å². The van der Waals surface area contributed by atoms with Crippen molar-refractivity contribution in [1.82, 2.24) is 20.9 Å². The molecule has 210 valence electrons. The molecule has 0 saturated carbocycles. The van der Waals surface area contributed by atoms with Gasteiger partial charge in [0.2, 0.25) is 11.8 Å². The molecule has 4 unspecified atom stereocenters. The van der Waals surface area contributed by atoms with Crippen LogP contribution in [0.5, 0.6) is 0 Å². The quantitative estimate of drug-likeness (QED) is 0.232. The molecule has 0 aromatic rings. The third-order valence-electron chi connectivity index (χ3n) is 6.41. The van der Waals surface area contributed by atoms with Gasteiger partial charge in [-0.1, -0.05) is 27.7 Å². The van der Waals surface area contributed by atoms with Crippen LogP contribution in [0.15, 0.2) is 0 Å². The highest BCUT2D eigenvalue weighted by Gasteiger charge is 2.41. The molecule has 36 heavy (non-hydrogen) atoms. The van der Waals surface area contributed by atoms with E-state index in [2.05, 4.69) is 36.7 Å². The molecule has 0 bridgehead atoms. The van der Waals surface area contributed by atoms with E-state index in [0.29, 0.717) is 70.5 Å². The molecule has 2 rings (SSSR count). The molecule has 0 radical (unpaired) electrons. The molecule has 0 aliphatic carbocycles. The van der Waals surface area contributed by atoms with Gasteiger partial charge in [0.05, 0.1) is 45.2 Å². The summed E-state index contributed by atoms with van der Waals surface area (Å²) in [4.78, 5) is 27.5. The van der Waals surface area contributed by atoms with E-state index in [1.807, 2.05) is 13.8 Å². The van der Waals surface area contributed by atoms with Gasteiger partial charge in [0.1, 0.15) is 12.6 Å². The van der Waals surface area contributed by atoms with Gasteiger partial charge in [-0.15, -0.1) is 0 Å². The minimum absolute atomic E-state index is 0.0378. The Bertz CT molecular complexity index is 630. The van der Waals surface area contributed by atoms with Crippen molar-refractivity contribution in [3.63, 3.8) is 0 Å². The van der Waals surface area contributed by atoms with Crippen molar-refractivity contribution in [1.29, 1.82) is 0 Å². The normalized spacial score (nSPS) is 23.1. The van der Waals surface area contributed by atoms with Gasteiger partial charge in [-0.3, -0.25) is 9.59 Å². The number of likely N-dealkylation sites (tertiary alicyclic amines) is 1. The van der Waals surface area contributed by atoms with E-state index >= 15 is 0 Å². The third kappa shape index (κ3) is 11.8. The highest BCUT2D eigenvalue weighted by molar-refractivity contribution is 5.88. The van der Waals surface area contributed by atoms with Gasteiger partial charge in [-0.25, -0.2) is 0 Å². The summed E-state index contributed by atoms with van der Waals surface area (Å²) in [5.41, 5.74) is 0. The van der Waals surface area contributed by atoms with E-state index in [1.165, 1.54) is 0 Å². The first-order chi connectivity index (χ1) is 17.3. The highest BCUT2D eigenvalue weighted by atomic mass is 16.5. The molecule has 2 amide bonds. The van der Waals surface area contributed by atoms with Crippen molar-refractivity contribution in [2.24, 2.45) is 5.92 Å². The van der Waals surface area contributed by atoms with Crippen LogP contribution < -0.4 is 16.0 Å². The second-order valence-electron chi connectivity index (χ2n) is 10.5. The Kier molecular flexibility index (Phi) is 14.8. The average molecular weight is 515 g/mol. The van der Waals surface area contributed by atoms with E-state index in [-0.39, 0.29) is 30.6 Å². The van der Waals surface area contributed by atoms with Gasteiger partial charge >= 0.3 is 0 Å². The van der Waals surface area contributed by atoms with E-state index in [1.54, 1.807) is 4.90 Å². The minimum atomic E-state index is -0.535. The summed E-state index contributed by atoms with van der Waals surface area (Å²) in [6.45, 7) is 15.4. The summed E-state index contributed by atoms with van der Waals surface area (Å²) in [5, 5.41) is 9.73. The molecule has 2 aliphatic heterocycles. The average Bonchev–Trinajstić information content (AvgIpc) is 3.51. The lowest BCUT2D eigenvalue weighted by Gasteiger charge is -2.25. The van der Waals surface area contributed by atoms with Crippen LogP contribution in [0.4, 0.5) is 0 Å². The Morgan fingerprint density at radius 2 is 1.69 bits per heavy atom. The molecular formula is C26H50N4O6. The molecule has 2 saturated heterocycles. The molecule has 2 fully saturated rings. The topological polar surface area (TPSA) is 110 Å². The Hall–Kier alpha value is -1.30. The molecule has 10 heteroatoms. The summed E-state index contributed by atoms with van der Waals surface area (Å²) >= 11 is 0. The van der Waals surface area contributed by atoms with Crippen LogP contribution in [-0.2, 0) is 28.5 Å². The fourth-order valence-corrected chi connectivity index (χ4v) is 4.46. The lowest BCUT2D eigenvalue weighted by atomic mass is 10.1. The molecule has 2 aliphatic rings. The third-order valence-corrected chi connectivity index (χ3v) is 6.41. The molecule has 4 atom stereocenters. The Labute approximate surface area is 217 Å². The predicted octanol–water partition coefficient (Wildman–Crippen LogP) is 0.933. The van der Waals surface area contributed by atoms with Gasteiger partial charge < -0.3 is 39.8 Å². The number of carbonyl (C=O) groups excluding carboxylic acids is 2. The van der Waals surface area contributed by atoms with Crippen LogP contribution in [0.2, 0.25) is 0 Å². The number of nitrogens with one attached hydrogen (secondary N) is 3. The number of hydrogen-bond acceptors (Lipinski definition) is 8. The zero-order chi connectivity index (χ0) is 26.3. The Balaban J connectivity index is 1.70. The first-order valence-electron chi connectivity index (χ1n) is 13.7. The monoisotopic (exact) mass is 514 g/mol. The van der Waals surface area contributed by atoms with Crippen LogP contribution in [0, 0.1) is 5.92 Å². The van der Waals surface area contributed by atoms with Crippen molar-refractivity contribution < 1.29 is 28.5 Å². The minimum Gasteiger partial charge on any atom is -0.378 e. The summed E-state index contributed by atoms with van der Waals surface area (Å²) < 4.78 is 22.8. The van der Waals surface area contributed by atoms with E-state index in [4.69, 9.17) is 18.9 Å². The number of rotatable bonds is 18. The molecule has 10 nitrogen and oxygen atoms in total. The van der Waals surface area contributed by atoms with Crippen molar-refractivity contribution >= 4 is 11.8 Å². The molecular weight excluding hydrogens is 464 g/mol. The SMILES string of the molecule is CC(C)CNC(=O)C1CC(OC(C)C2CCCN2)CN1C(=O)COCCOCCOCCNC(C)C. The smallest absolute Gasteiger partial charge is 0.249 e. The number of amides is 2. The molecule has 2 heterocycles. The second-order valence-corrected chi connectivity index (χ2v) is 10.5. The van der Waals surface area contributed by atoms with Gasteiger partial charge in [-0.2, -0.15) is 0 Å². The maximum absolute atomic E-state index is 13.0. The van der Waals surface area contributed by atoms with Gasteiger partial charge in [0, 0.05) is 38.1 Å². The first-order valence-corrected chi connectivity index (χ1v) is 13.7. The standard InChI is InChI=1S/C26H50N4O6/c1-19(2)16-29-26(32)24-15-22(36-21(5)23-7-6-8-28-23)17-30(24)25(31)18-35-14-13-34-12-11-33-10-9-27-20(3)4/h19-24,27-28H,6-18H2,1-5H3,(H,29,32). The van der Waals surface area contributed by atoms with E-state index in [0.717, 1.165) is 25.9 Å². The van der Waals surface area contributed by atoms with E-state index in [9.17, 15) is 9.59 Å². The zero-order valence-corrected chi connectivity index (χ0v) is 23.1. The second kappa shape index (κ2) is 17.3. The van der Waals surface area contributed by atoms with Crippen LogP contribution in [0.25, 0.3) is 0 Å². The van der Waals surface area contributed by atoms with Crippen molar-refractivity contribution in [3.8, 4) is 0 Å². The fraction of sp³-hybridized carbons (Fsp3) is 0.923. The molecule has 0 aromatic heterocycles. The largest absolute Gasteiger partial charge is 0.378 e. The number of ether oxygens (including phenoxy) is 4. The summed E-state index contributed by atoms with van der Waals surface area (Å²) in [7, 11) is 0. The molecule has 0 spiro atoms. The summed E-state index contributed by atoms with van der Waals surface area (Å²) in [6, 6.07) is 0.242. The number of hydrogen-bond donors (Lipinski definition) is 3. The maximum atomic E-state index is 13.0. The molecule has 3 N–H and O–H groups in total. The van der Waals surface area contributed by atoms with Crippen LogP contribution >= 0.6 is 0 Å². The lowest BCUT2D eigenvalue weighted by molar-refractivity contribution is -0.142. The zero-order valence-electron chi connectivity index (χ0n) is 23.1. The predicted molar refractivity (Wildman–Crippen MR) is 139 cm³/mol. The van der Waals surface area contributed by atoms with E-state index < -0.39 is 6.04 Å². The number of carbonyl (C=O) groups is 2. The lowest BCUT2D eigenvalue weighted by Crippen LogP contribution is -2.47. The van der Waals surface area contributed by atoms with Gasteiger partial charge in [-0.05, 0) is 32.2 Å². The Morgan fingerprint density at radius 3 is 2.33 bits per heavy atom. The van der Waals surface area contributed by atoms with Crippen molar-refractivity contribution in [2.45, 2.75) is 84.2 Å². The Morgan fingerprint density at radius 1 is 1.00 bits per heavy atom. The highest BCUT2D eigenvalue weighted by Crippen LogP contribution is 2.24. The maximum Gasteiger partial charge on any atom is 0.249 e. The van der Waals surface area contributed by atoms with Gasteiger partial charge in [0.15, 0.2) is 0 Å². The molecule has 0 aromatic carbocycles. The summed E-state index contributed by atoms with van der Waals surface area (Å²) in [6.07, 6.45) is 2.61. The summed E-state index contributed by atoms with van der Waals surface area (Å²) in [5.74, 6) is 0.0191. The van der Waals surface area contributed by atoms with Gasteiger partial charge in [0.25, 0.3) is 0 Å². The van der Waals surface area contributed by atoms with Crippen LogP contribution in [0.3, 0.4) is 0 Å². The first kappa shape index (κ1) is 30.9. The number of nitrogens with zero attached hydrogens (tertiary/aromatic N) is 1.